The molecule has 4 nitrogen and oxygen atoms in total. The van der Waals surface area contributed by atoms with E-state index < -0.39 is 0 Å². The van der Waals surface area contributed by atoms with Gasteiger partial charge in [-0.05, 0) is 35.7 Å². The van der Waals surface area contributed by atoms with Gasteiger partial charge in [0.15, 0.2) is 0 Å². The van der Waals surface area contributed by atoms with E-state index in [1.807, 2.05) is 36.5 Å². The van der Waals surface area contributed by atoms with Crippen molar-refractivity contribution in [2.45, 2.75) is 19.1 Å². The fourth-order valence-corrected chi connectivity index (χ4v) is 4.00. The largest absolute Gasteiger partial charge is 0.506 e. The number of aliphatic hydroxyl groups is 1. The van der Waals surface area contributed by atoms with Crippen LogP contribution in [0.2, 0.25) is 5.02 Å². The van der Waals surface area contributed by atoms with E-state index in [1.54, 1.807) is 12.1 Å². The number of hydrogen-bond acceptors (Lipinski definition) is 4. The number of benzene rings is 2. The first kappa shape index (κ1) is 17.3. The predicted molar refractivity (Wildman–Crippen MR) is 103 cm³/mol. The van der Waals surface area contributed by atoms with Crippen LogP contribution < -0.4 is 0 Å². The monoisotopic (exact) mass is 368 g/mol. The summed E-state index contributed by atoms with van der Waals surface area (Å²) in [4.78, 5) is 6.61. The molecular formula is C21H21ClN2O2. The molecule has 0 spiro atoms. The standard InChI is InChI=1S/C21H21ClN2O2/c22-21-15(4-3-7-19(21)25)11-24-12-16(20(26)13-24)10-14-8-9-23-18-6-2-1-5-17(14)18/h1-9,16,20,25-26H,10-13H2/t16-,20+/m1/s1. The third kappa shape index (κ3) is 3.40. The van der Waals surface area contributed by atoms with Crippen LogP contribution in [-0.4, -0.2) is 39.3 Å². The molecule has 2 heterocycles. The SMILES string of the molecule is Oc1cccc(CN2C[C@@H](Cc3ccnc4ccccc34)[C@@H](O)C2)c1Cl. The lowest BCUT2D eigenvalue weighted by Crippen LogP contribution is -2.21. The summed E-state index contributed by atoms with van der Waals surface area (Å²) in [6.07, 6.45) is 2.27. The van der Waals surface area contributed by atoms with Gasteiger partial charge in [-0.15, -0.1) is 0 Å². The minimum absolute atomic E-state index is 0.101. The van der Waals surface area contributed by atoms with Crippen LogP contribution in [0.5, 0.6) is 5.75 Å². The second-order valence-corrected chi connectivity index (χ2v) is 7.34. The van der Waals surface area contributed by atoms with Gasteiger partial charge < -0.3 is 10.2 Å². The number of pyridine rings is 1. The van der Waals surface area contributed by atoms with Gasteiger partial charge >= 0.3 is 0 Å². The zero-order valence-corrected chi connectivity index (χ0v) is 15.1. The first-order valence-corrected chi connectivity index (χ1v) is 9.19. The number of halogens is 1. The Hall–Kier alpha value is -2.14. The lowest BCUT2D eigenvalue weighted by atomic mass is 9.94. The molecule has 4 rings (SSSR count). The van der Waals surface area contributed by atoms with Crippen LogP contribution in [0.1, 0.15) is 11.1 Å². The summed E-state index contributed by atoms with van der Waals surface area (Å²) < 4.78 is 0. The molecule has 3 aromatic rings. The number of aliphatic hydroxyl groups excluding tert-OH is 1. The van der Waals surface area contributed by atoms with Gasteiger partial charge in [0.1, 0.15) is 5.75 Å². The highest BCUT2D eigenvalue weighted by molar-refractivity contribution is 6.32. The average molecular weight is 369 g/mol. The van der Waals surface area contributed by atoms with E-state index in [0.29, 0.717) is 18.1 Å². The Morgan fingerprint density at radius 3 is 2.77 bits per heavy atom. The molecule has 0 bridgehead atoms. The molecule has 1 saturated heterocycles. The van der Waals surface area contributed by atoms with Crippen molar-refractivity contribution in [3.63, 3.8) is 0 Å². The van der Waals surface area contributed by atoms with Gasteiger partial charge in [0, 0.05) is 37.1 Å². The smallest absolute Gasteiger partial charge is 0.134 e. The van der Waals surface area contributed by atoms with E-state index in [9.17, 15) is 10.2 Å². The number of β-amino-alcohol motifs (C(OH)–C–C–N with tert-alkyl or cyclic N) is 1. The maximum Gasteiger partial charge on any atom is 0.134 e. The Labute approximate surface area is 157 Å². The highest BCUT2D eigenvalue weighted by atomic mass is 35.5. The summed E-state index contributed by atoms with van der Waals surface area (Å²) in [5.41, 5.74) is 3.09. The maximum absolute atomic E-state index is 10.6. The molecule has 0 aliphatic carbocycles. The van der Waals surface area contributed by atoms with Crippen LogP contribution in [0.25, 0.3) is 10.9 Å². The molecule has 0 unspecified atom stereocenters. The van der Waals surface area contributed by atoms with Gasteiger partial charge in [0.05, 0.1) is 16.6 Å². The third-order valence-corrected chi connectivity index (χ3v) is 5.59. The van der Waals surface area contributed by atoms with Crippen molar-refractivity contribution < 1.29 is 10.2 Å². The lowest BCUT2D eigenvalue weighted by Gasteiger charge is -2.17. The van der Waals surface area contributed by atoms with Crippen molar-refractivity contribution in [3.05, 3.63) is 70.9 Å². The summed E-state index contributed by atoms with van der Waals surface area (Å²) in [6, 6.07) is 15.5. The zero-order chi connectivity index (χ0) is 18.1. The first-order valence-electron chi connectivity index (χ1n) is 8.81. The summed E-state index contributed by atoms with van der Waals surface area (Å²) in [5.74, 6) is 0.264. The number of hydrogen-bond donors (Lipinski definition) is 2. The number of phenols is 1. The number of phenolic OH excluding ortho intramolecular Hbond substituents is 1. The van der Waals surface area contributed by atoms with Crippen LogP contribution >= 0.6 is 11.6 Å². The van der Waals surface area contributed by atoms with E-state index in [1.165, 1.54) is 5.56 Å². The van der Waals surface area contributed by atoms with Crippen molar-refractivity contribution in [2.75, 3.05) is 13.1 Å². The topological polar surface area (TPSA) is 56.6 Å². The van der Waals surface area contributed by atoms with E-state index in [4.69, 9.17) is 11.6 Å². The average Bonchev–Trinajstić information content (AvgIpc) is 2.98. The van der Waals surface area contributed by atoms with Crippen LogP contribution in [-0.2, 0) is 13.0 Å². The summed E-state index contributed by atoms with van der Waals surface area (Å²) >= 11 is 6.19. The Morgan fingerprint density at radius 2 is 1.88 bits per heavy atom. The minimum atomic E-state index is -0.377. The van der Waals surface area contributed by atoms with Crippen LogP contribution in [0.3, 0.4) is 0 Å². The first-order chi connectivity index (χ1) is 12.6. The fraction of sp³-hybridized carbons (Fsp3) is 0.286. The summed E-state index contributed by atoms with van der Waals surface area (Å²) in [5, 5.41) is 21.9. The van der Waals surface area contributed by atoms with Gasteiger partial charge in [-0.3, -0.25) is 9.88 Å². The number of fused-ring (bicyclic) bond motifs is 1. The van der Waals surface area contributed by atoms with Crippen molar-refractivity contribution in [1.82, 2.24) is 9.88 Å². The Balaban J connectivity index is 1.49. The molecular weight excluding hydrogens is 348 g/mol. The molecule has 2 atom stereocenters. The van der Waals surface area contributed by atoms with Crippen molar-refractivity contribution >= 4 is 22.5 Å². The Bertz CT molecular complexity index is 926. The van der Waals surface area contributed by atoms with Crippen molar-refractivity contribution in [3.8, 4) is 5.75 Å². The normalized spacial score (nSPS) is 20.7. The number of para-hydroxylation sites is 1. The fourth-order valence-electron chi connectivity index (χ4n) is 3.82. The number of likely N-dealkylation sites (tertiary alicyclic amines) is 1. The van der Waals surface area contributed by atoms with E-state index in [-0.39, 0.29) is 17.8 Å². The summed E-state index contributed by atoms with van der Waals surface area (Å²) in [6.45, 7) is 2.03. The van der Waals surface area contributed by atoms with Crippen molar-refractivity contribution in [1.29, 1.82) is 0 Å². The second kappa shape index (κ2) is 7.23. The highest BCUT2D eigenvalue weighted by Crippen LogP contribution is 2.30. The van der Waals surface area contributed by atoms with E-state index in [0.717, 1.165) is 29.4 Å². The predicted octanol–water partition coefficient (Wildman–Crippen LogP) is 3.63. The van der Waals surface area contributed by atoms with Gasteiger partial charge in [0.2, 0.25) is 0 Å². The highest BCUT2D eigenvalue weighted by Gasteiger charge is 2.32. The molecule has 1 aliphatic rings. The Morgan fingerprint density at radius 1 is 1.04 bits per heavy atom. The van der Waals surface area contributed by atoms with Crippen LogP contribution in [0, 0.1) is 5.92 Å². The molecule has 2 aromatic carbocycles. The van der Waals surface area contributed by atoms with E-state index >= 15 is 0 Å². The zero-order valence-electron chi connectivity index (χ0n) is 14.3. The number of aromatic hydroxyl groups is 1. The molecule has 5 heteroatoms. The molecule has 26 heavy (non-hydrogen) atoms. The van der Waals surface area contributed by atoms with Crippen LogP contribution in [0.15, 0.2) is 54.7 Å². The van der Waals surface area contributed by atoms with Gasteiger partial charge in [-0.25, -0.2) is 0 Å². The third-order valence-electron chi connectivity index (χ3n) is 5.16. The molecule has 0 saturated carbocycles. The molecule has 1 aliphatic heterocycles. The minimum Gasteiger partial charge on any atom is -0.506 e. The molecule has 2 N–H and O–H groups in total. The maximum atomic E-state index is 10.6. The molecule has 0 radical (unpaired) electrons. The second-order valence-electron chi connectivity index (χ2n) is 6.96. The molecule has 0 amide bonds. The Kier molecular flexibility index (Phi) is 4.81. The number of aromatic nitrogens is 1. The lowest BCUT2D eigenvalue weighted by molar-refractivity contribution is 0.141. The van der Waals surface area contributed by atoms with Gasteiger partial charge in [0.25, 0.3) is 0 Å². The molecule has 1 fully saturated rings. The molecule has 1 aromatic heterocycles. The van der Waals surface area contributed by atoms with Gasteiger partial charge in [-0.1, -0.05) is 41.9 Å². The summed E-state index contributed by atoms with van der Waals surface area (Å²) in [7, 11) is 0. The molecule has 134 valence electrons. The number of nitrogens with zero attached hydrogens (tertiary/aromatic N) is 2. The van der Waals surface area contributed by atoms with Crippen molar-refractivity contribution in [2.24, 2.45) is 5.92 Å². The van der Waals surface area contributed by atoms with Crippen LogP contribution in [0.4, 0.5) is 0 Å². The quantitative estimate of drug-likeness (QED) is 0.738. The van der Waals surface area contributed by atoms with Gasteiger partial charge in [-0.2, -0.15) is 0 Å². The number of rotatable bonds is 4. The van der Waals surface area contributed by atoms with E-state index in [2.05, 4.69) is 16.0 Å².